The molecule has 0 aliphatic carbocycles. The number of nitrogens with zero attached hydrogens (tertiary/aromatic N) is 3. The number of rotatable bonds is 12. The van der Waals surface area contributed by atoms with Crippen LogP contribution in [0.25, 0.3) is 0 Å². The van der Waals surface area contributed by atoms with Crippen LogP contribution in [-0.2, 0) is 14.4 Å². The minimum absolute atomic E-state index is 0.0539. The van der Waals surface area contributed by atoms with Crippen molar-refractivity contribution < 1.29 is 37.1 Å². The van der Waals surface area contributed by atoms with Crippen molar-refractivity contribution in [1.29, 1.82) is 0 Å². The Balaban J connectivity index is 1.79. The maximum atomic E-state index is 13.9. The first-order chi connectivity index (χ1) is 20.4. The van der Waals surface area contributed by atoms with Crippen molar-refractivity contribution in [3.8, 4) is 5.75 Å². The van der Waals surface area contributed by atoms with Gasteiger partial charge in [0.25, 0.3) is 5.91 Å². The minimum Gasteiger partial charge on any atom is -0.452 e. The zero-order valence-corrected chi connectivity index (χ0v) is 24.2. The van der Waals surface area contributed by atoms with Gasteiger partial charge in [-0.25, -0.2) is 4.98 Å². The van der Waals surface area contributed by atoms with Gasteiger partial charge in [0, 0.05) is 18.1 Å². The number of nitrogens with one attached hydrogen (secondary N) is 3. The molecular formula is C28H30ClF3N6O5. The van der Waals surface area contributed by atoms with Gasteiger partial charge in [-0.05, 0) is 56.5 Å². The molecule has 11 nitrogen and oxygen atoms in total. The Hall–Kier alpha value is -4.46. The molecule has 2 heterocycles. The molecule has 1 aliphatic heterocycles. The molecule has 1 aliphatic rings. The molecule has 2 aromatic rings. The fourth-order valence-electron chi connectivity index (χ4n) is 4.81. The quantitative estimate of drug-likeness (QED) is 0.108. The summed E-state index contributed by atoms with van der Waals surface area (Å²) in [7, 11) is 1.59. The molecule has 1 aromatic heterocycles. The molecule has 43 heavy (non-hydrogen) atoms. The second kappa shape index (κ2) is 14.6. The monoisotopic (exact) mass is 622 g/mol. The van der Waals surface area contributed by atoms with Crippen LogP contribution in [0.3, 0.4) is 0 Å². The smallest absolute Gasteiger partial charge is 0.410 e. The Kier molecular flexibility index (Phi) is 11.2. The summed E-state index contributed by atoms with van der Waals surface area (Å²) in [5, 5.41) is 8.45. The Morgan fingerprint density at radius 1 is 1.23 bits per heavy atom. The third kappa shape index (κ3) is 8.53. The van der Waals surface area contributed by atoms with Gasteiger partial charge in [0.05, 0.1) is 30.0 Å². The maximum Gasteiger partial charge on any atom is 0.410 e. The van der Waals surface area contributed by atoms with Crippen LogP contribution in [0.1, 0.15) is 47.6 Å². The van der Waals surface area contributed by atoms with Crippen molar-refractivity contribution in [2.24, 2.45) is 5.10 Å². The van der Waals surface area contributed by atoms with Crippen molar-refractivity contribution in [2.45, 2.75) is 51.0 Å². The number of hydrazone groups is 1. The van der Waals surface area contributed by atoms with E-state index in [1.54, 1.807) is 43.6 Å². The number of benzene rings is 1. The summed E-state index contributed by atoms with van der Waals surface area (Å²) in [5.41, 5.74) is 3.73. The van der Waals surface area contributed by atoms with E-state index in [9.17, 15) is 32.3 Å². The summed E-state index contributed by atoms with van der Waals surface area (Å²) in [6.07, 6.45) is -2.89. The highest BCUT2D eigenvalue weighted by molar-refractivity contribution is 6.30. The number of amides is 3. The van der Waals surface area contributed by atoms with E-state index in [1.165, 1.54) is 25.1 Å². The Morgan fingerprint density at radius 3 is 2.58 bits per heavy atom. The van der Waals surface area contributed by atoms with Crippen molar-refractivity contribution in [2.75, 3.05) is 13.6 Å². The molecule has 0 bridgehead atoms. The summed E-state index contributed by atoms with van der Waals surface area (Å²) in [6.45, 7) is 2.54. The highest BCUT2D eigenvalue weighted by Gasteiger charge is 2.51. The van der Waals surface area contributed by atoms with Crippen molar-refractivity contribution in [3.05, 3.63) is 70.2 Å². The van der Waals surface area contributed by atoms with Gasteiger partial charge in [0.1, 0.15) is 17.5 Å². The van der Waals surface area contributed by atoms with E-state index in [0.717, 1.165) is 4.90 Å². The topological polar surface area (TPSA) is 142 Å². The molecule has 230 valence electrons. The number of carbonyl (C=O) groups is 4. The van der Waals surface area contributed by atoms with E-state index < -0.39 is 42.7 Å². The van der Waals surface area contributed by atoms with Gasteiger partial charge in [-0.2, -0.15) is 18.3 Å². The molecule has 1 saturated heterocycles. The van der Waals surface area contributed by atoms with Crippen molar-refractivity contribution >= 4 is 41.8 Å². The third-order valence-electron chi connectivity index (χ3n) is 6.59. The number of halogens is 4. The summed E-state index contributed by atoms with van der Waals surface area (Å²) < 4.78 is 47.2. The second-order valence-electron chi connectivity index (χ2n) is 9.53. The fraction of sp³-hybridized carbons (Fsp3) is 0.357. The van der Waals surface area contributed by atoms with Crippen LogP contribution in [0.15, 0.2) is 53.3 Å². The standard InChI is InChI=1S/C28H30ClF3N6O5/c1-16(37-33-3)11-20(14-39)43-24-10-7-21(36-17(24)2)27(42)34-13-25(41)38-22(18-5-4-6-19(29)12-18)8-9-23(38)26(35-15-40)28(30,31)32/h4-7,10-12,14-15,22-23,26,33H,8-9,13H2,1-3H3,(H,34,42)(H,35,40)/b20-11+,37-16-. The van der Waals surface area contributed by atoms with Gasteiger partial charge in [0.2, 0.25) is 12.3 Å². The van der Waals surface area contributed by atoms with Gasteiger partial charge < -0.3 is 25.7 Å². The number of alkyl halides is 3. The van der Waals surface area contributed by atoms with E-state index in [0.29, 0.717) is 22.6 Å². The lowest BCUT2D eigenvalue weighted by Crippen LogP contribution is -2.57. The number of aryl methyl sites for hydroxylation is 1. The van der Waals surface area contributed by atoms with Gasteiger partial charge in [-0.1, -0.05) is 23.7 Å². The molecule has 3 atom stereocenters. The molecule has 3 unspecified atom stereocenters. The van der Waals surface area contributed by atoms with Crippen LogP contribution < -0.4 is 20.8 Å². The first kappa shape index (κ1) is 33.0. The van der Waals surface area contributed by atoms with Crippen LogP contribution in [0, 0.1) is 6.92 Å². The van der Waals surface area contributed by atoms with E-state index in [2.05, 4.69) is 20.8 Å². The maximum absolute atomic E-state index is 13.9. The molecule has 3 N–H and O–H groups in total. The molecule has 15 heteroatoms. The van der Waals surface area contributed by atoms with Crippen LogP contribution in [0.5, 0.6) is 5.75 Å². The number of aldehydes is 1. The average Bonchev–Trinajstić information content (AvgIpc) is 3.39. The van der Waals surface area contributed by atoms with Gasteiger partial charge in [-0.3, -0.25) is 19.2 Å². The summed E-state index contributed by atoms with van der Waals surface area (Å²) in [4.78, 5) is 53.9. The number of allylic oxidation sites excluding steroid dienone is 2. The van der Waals surface area contributed by atoms with Crippen molar-refractivity contribution in [1.82, 2.24) is 25.9 Å². The lowest BCUT2D eigenvalue weighted by atomic mass is 10.0. The molecule has 0 saturated carbocycles. The molecule has 3 rings (SSSR count). The van der Waals surface area contributed by atoms with E-state index >= 15 is 0 Å². The minimum atomic E-state index is -4.83. The highest BCUT2D eigenvalue weighted by atomic mass is 35.5. The SMILES string of the molecule is CN/N=C(C)\C=C(/C=O)Oc1ccc(C(=O)NCC(=O)N2C(c3cccc(Cl)c3)CCC2C(NC=O)C(F)(F)F)nc1C. The molecule has 1 aromatic carbocycles. The summed E-state index contributed by atoms with van der Waals surface area (Å²) in [5.74, 6) is -1.42. The Bertz CT molecular complexity index is 1420. The average molecular weight is 623 g/mol. The Labute approximate surface area is 250 Å². The first-order valence-corrected chi connectivity index (χ1v) is 13.4. The molecule has 3 amide bonds. The number of aromatic nitrogens is 1. The lowest BCUT2D eigenvalue weighted by Gasteiger charge is -2.36. The van der Waals surface area contributed by atoms with E-state index in [-0.39, 0.29) is 42.1 Å². The third-order valence-corrected chi connectivity index (χ3v) is 6.82. The van der Waals surface area contributed by atoms with Gasteiger partial charge in [0.15, 0.2) is 12.0 Å². The molecule has 0 radical (unpaired) electrons. The van der Waals surface area contributed by atoms with Crippen LogP contribution in [0.2, 0.25) is 5.02 Å². The van der Waals surface area contributed by atoms with Gasteiger partial charge in [-0.15, -0.1) is 0 Å². The zero-order chi connectivity index (χ0) is 31.7. The van der Waals surface area contributed by atoms with Crippen LogP contribution in [-0.4, -0.2) is 72.0 Å². The number of likely N-dealkylation sites (tertiary alicyclic amines) is 1. The second-order valence-corrected chi connectivity index (χ2v) is 9.96. The van der Waals surface area contributed by atoms with Crippen LogP contribution >= 0.6 is 11.6 Å². The molecule has 0 spiro atoms. The zero-order valence-electron chi connectivity index (χ0n) is 23.4. The number of hydrogen-bond donors (Lipinski definition) is 3. The largest absolute Gasteiger partial charge is 0.452 e. The highest BCUT2D eigenvalue weighted by Crippen LogP contribution is 2.41. The predicted octanol–water partition coefficient (Wildman–Crippen LogP) is 3.24. The number of pyridine rings is 1. The van der Waals surface area contributed by atoms with E-state index in [4.69, 9.17) is 16.3 Å². The summed E-state index contributed by atoms with van der Waals surface area (Å²) in [6, 6.07) is 4.62. The lowest BCUT2D eigenvalue weighted by molar-refractivity contribution is -0.173. The molecular weight excluding hydrogens is 593 g/mol. The van der Waals surface area contributed by atoms with Crippen molar-refractivity contribution in [3.63, 3.8) is 0 Å². The number of carbonyl (C=O) groups excluding carboxylic acids is 4. The summed E-state index contributed by atoms with van der Waals surface area (Å²) >= 11 is 6.09. The van der Waals surface area contributed by atoms with E-state index in [1.807, 2.05) is 0 Å². The van der Waals surface area contributed by atoms with Crippen LogP contribution in [0.4, 0.5) is 13.2 Å². The van der Waals surface area contributed by atoms with Gasteiger partial charge >= 0.3 is 6.18 Å². The molecule has 1 fully saturated rings. The normalized spacial score (nSPS) is 18.1. The number of ether oxygens (including phenoxy) is 1. The fourth-order valence-corrected chi connectivity index (χ4v) is 5.01. The Morgan fingerprint density at radius 2 is 1.98 bits per heavy atom. The predicted molar refractivity (Wildman–Crippen MR) is 151 cm³/mol. The number of hydrogen-bond acceptors (Lipinski definition) is 8. The first-order valence-electron chi connectivity index (χ1n) is 13.0.